The lowest BCUT2D eigenvalue weighted by Crippen LogP contribution is -2.47. The predicted octanol–water partition coefficient (Wildman–Crippen LogP) is 2.71. The van der Waals surface area contributed by atoms with Gasteiger partial charge in [0.05, 0.1) is 12.0 Å². The van der Waals surface area contributed by atoms with Crippen LogP contribution in [0.3, 0.4) is 0 Å². The number of amides is 1. The smallest absolute Gasteiger partial charge is 0.229 e. The minimum absolute atomic E-state index is 0. The topological polar surface area (TPSA) is 55.6 Å². The van der Waals surface area contributed by atoms with Crippen molar-refractivity contribution in [3.05, 3.63) is 30.3 Å². The second-order valence-electron chi connectivity index (χ2n) is 5.08. The van der Waals surface area contributed by atoms with E-state index in [4.69, 9.17) is 10.5 Å². The molecule has 0 spiro atoms. The number of ether oxygens (including phenoxy) is 1. The molecule has 1 aromatic rings. The molecule has 0 saturated carbocycles. The Hall–Kier alpha value is -1.26. The van der Waals surface area contributed by atoms with Gasteiger partial charge in [-0.1, -0.05) is 32.0 Å². The maximum Gasteiger partial charge on any atom is 0.229 e. The van der Waals surface area contributed by atoms with Gasteiger partial charge in [-0.3, -0.25) is 4.79 Å². The molecule has 5 heteroatoms. The minimum Gasteiger partial charge on any atom is -0.492 e. The lowest BCUT2D eigenvalue weighted by atomic mass is 9.81. The van der Waals surface area contributed by atoms with Crippen LogP contribution >= 0.6 is 12.4 Å². The Morgan fingerprint density at radius 1 is 1.24 bits per heavy atom. The molecule has 1 aromatic carbocycles. The van der Waals surface area contributed by atoms with E-state index in [9.17, 15) is 4.79 Å². The average Bonchev–Trinajstić information content (AvgIpc) is 2.50. The lowest BCUT2D eigenvalue weighted by Gasteiger charge is -2.33. The van der Waals surface area contributed by atoms with Crippen molar-refractivity contribution in [2.45, 2.75) is 26.7 Å². The van der Waals surface area contributed by atoms with Crippen molar-refractivity contribution in [1.29, 1.82) is 0 Å². The van der Waals surface area contributed by atoms with Crippen LogP contribution < -0.4 is 10.5 Å². The molecule has 0 aliphatic carbocycles. The molecule has 0 aliphatic rings. The van der Waals surface area contributed by atoms with Crippen molar-refractivity contribution >= 4 is 18.3 Å². The van der Waals surface area contributed by atoms with Gasteiger partial charge in [0.2, 0.25) is 5.91 Å². The van der Waals surface area contributed by atoms with Gasteiger partial charge in [0.1, 0.15) is 12.4 Å². The van der Waals surface area contributed by atoms with Crippen LogP contribution in [0.1, 0.15) is 26.7 Å². The van der Waals surface area contributed by atoms with Crippen molar-refractivity contribution in [3.63, 3.8) is 0 Å². The van der Waals surface area contributed by atoms with Crippen LogP contribution in [0.5, 0.6) is 5.75 Å². The van der Waals surface area contributed by atoms with Crippen LogP contribution in [0, 0.1) is 5.41 Å². The zero-order valence-electron chi connectivity index (χ0n) is 13.2. The summed E-state index contributed by atoms with van der Waals surface area (Å²) in [5, 5.41) is 0. The van der Waals surface area contributed by atoms with E-state index in [-0.39, 0.29) is 18.3 Å². The summed E-state index contributed by atoms with van der Waals surface area (Å²) in [4.78, 5) is 14.2. The van der Waals surface area contributed by atoms with Gasteiger partial charge < -0.3 is 15.4 Å². The molecule has 0 aliphatic heterocycles. The molecule has 0 fully saturated rings. The Morgan fingerprint density at radius 2 is 1.81 bits per heavy atom. The van der Waals surface area contributed by atoms with Gasteiger partial charge >= 0.3 is 0 Å². The molecule has 2 N–H and O–H groups in total. The second-order valence-corrected chi connectivity index (χ2v) is 5.08. The molecule has 4 nitrogen and oxygen atoms in total. The first-order chi connectivity index (χ1) is 9.59. The lowest BCUT2D eigenvalue weighted by molar-refractivity contribution is -0.141. The zero-order chi connectivity index (χ0) is 15.0. The van der Waals surface area contributed by atoms with Gasteiger partial charge in [0.25, 0.3) is 0 Å². The first kappa shape index (κ1) is 19.7. The Kier molecular flexibility index (Phi) is 9.06. The molecule has 0 heterocycles. The summed E-state index contributed by atoms with van der Waals surface area (Å²) in [6, 6.07) is 9.62. The Balaban J connectivity index is 0.00000400. The first-order valence-electron chi connectivity index (χ1n) is 7.23. The highest BCUT2D eigenvalue weighted by Gasteiger charge is 2.35. The van der Waals surface area contributed by atoms with Gasteiger partial charge in [-0.25, -0.2) is 0 Å². The van der Waals surface area contributed by atoms with E-state index in [1.54, 1.807) is 4.90 Å². The monoisotopic (exact) mass is 314 g/mol. The number of halogens is 1. The molecule has 0 unspecified atom stereocenters. The van der Waals surface area contributed by atoms with E-state index in [0.717, 1.165) is 18.6 Å². The molecule has 0 bridgehead atoms. The molecular weight excluding hydrogens is 288 g/mol. The van der Waals surface area contributed by atoms with Gasteiger partial charge in [-0.15, -0.1) is 12.4 Å². The van der Waals surface area contributed by atoms with E-state index in [1.807, 2.05) is 51.2 Å². The number of carbonyl (C=O) groups excluding carboxylic acids is 1. The van der Waals surface area contributed by atoms with Gasteiger partial charge in [0, 0.05) is 13.6 Å². The van der Waals surface area contributed by atoms with E-state index in [1.165, 1.54) is 0 Å². The van der Waals surface area contributed by atoms with Crippen molar-refractivity contribution in [2.24, 2.45) is 11.1 Å². The van der Waals surface area contributed by atoms with Crippen LogP contribution in [-0.4, -0.2) is 37.6 Å². The highest BCUT2D eigenvalue weighted by molar-refractivity contribution is 5.85. The van der Waals surface area contributed by atoms with Gasteiger partial charge in [0.15, 0.2) is 0 Å². The van der Waals surface area contributed by atoms with Crippen LogP contribution in [0.4, 0.5) is 0 Å². The average molecular weight is 315 g/mol. The number of likely N-dealkylation sites (N-methyl/N-ethyl adjacent to an activating group) is 1. The number of hydrogen-bond donors (Lipinski definition) is 1. The fourth-order valence-corrected chi connectivity index (χ4v) is 2.25. The summed E-state index contributed by atoms with van der Waals surface area (Å²) in [5.41, 5.74) is 5.38. The third kappa shape index (κ3) is 5.21. The van der Waals surface area contributed by atoms with Crippen LogP contribution in [-0.2, 0) is 4.79 Å². The number of para-hydroxylation sites is 1. The van der Waals surface area contributed by atoms with E-state index >= 15 is 0 Å². The molecular formula is C16H27ClN2O2. The van der Waals surface area contributed by atoms with Crippen molar-refractivity contribution < 1.29 is 9.53 Å². The highest BCUT2D eigenvalue weighted by Crippen LogP contribution is 2.27. The first-order valence-corrected chi connectivity index (χ1v) is 7.23. The Labute approximate surface area is 134 Å². The van der Waals surface area contributed by atoms with Crippen molar-refractivity contribution in [2.75, 3.05) is 26.7 Å². The number of carbonyl (C=O) groups is 1. The molecule has 120 valence electrons. The second kappa shape index (κ2) is 9.64. The van der Waals surface area contributed by atoms with Gasteiger partial charge in [-0.2, -0.15) is 0 Å². The zero-order valence-corrected chi connectivity index (χ0v) is 14.0. The number of hydrogen-bond acceptors (Lipinski definition) is 3. The third-order valence-corrected chi connectivity index (χ3v) is 3.98. The highest BCUT2D eigenvalue weighted by atomic mass is 35.5. The predicted molar refractivity (Wildman–Crippen MR) is 88.9 cm³/mol. The molecule has 0 radical (unpaired) electrons. The summed E-state index contributed by atoms with van der Waals surface area (Å²) >= 11 is 0. The maximum atomic E-state index is 12.5. The standard InChI is InChI=1S/C16H26N2O2.ClH/c1-4-16(5-2,13-17)15(19)18(3)11-12-20-14-9-7-6-8-10-14;/h6-10H,4-5,11-13,17H2,1-3H3;1H. The molecule has 21 heavy (non-hydrogen) atoms. The SMILES string of the molecule is CCC(CC)(CN)C(=O)N(C)CCOc1ccccc1.Cl. The number of nitrogens with two attached hydrogens (primary N) is 1. The van der Waals surface area contributed by atoms with Crippen LogP contribution in [0.25, 0.3) is 0 Å². The quantitative estimate of drug-likeness (QED) is 0.802. The number of rotatable bonds is 8. The summed E-state index contributed by atoms with van der Waals surface area (Å²) in [7, 11) is 1.81. The number of benzene rings is 1. The third-order valence-electron chi connectivity index (χ3n) is 3.98. The fourth-order valence-electron chi connectivity index (χ4n) is 2.25. The Morgan fingerprint density at radius 3 is 2.29 bits per heavy atom. The summed E-state index contributed by atoms with van der Waals surface area (Å²) in [6.07, 6.45) is 1.53. The maximum absolute atomic E-state index is 12.5. The minimum atomic E-state index is -0.429. The molecule has 1 rings (SSSR count). The molecule has 0 atom stereocenters. The normalized spacial score (nSPS) is 10.7. The summed E-state index contributed by atoms with van der Waals surface area (Å²) in [5.74, 6) is 0.936. The largest absolute Gasteiger partial charge is 0.492 e. The van der Waals surface area contributed by atoms with E-state index in [0.29, 0.717) is 19.7 Å². The van der Waals surface area contributed by atoms with Crippen LogP contribution in [0.2, 0.25) is 0 Å². The summed E-state index contributed by atoms with van der Waals surface area (Å²) < 4.78 is 5.62. The Bertz CT molecular complexity index is 400. The van der Waals surface area contributed by atoms with Crippen molar-refractivity contribution in [3.8, 4) is 5.75 Å². The van der Waals surface area contributed by atoms with Crippen LogP contribution in [0.15, 0.2) is 30.3 Å². The van der Waals surface area contributed by atoms with Gasteiger partial charge in [-0.05, 0) is 25.0 Å². The molecule has 0 aromatic heterocycles. The summed E-state index contributed by atoms with van der Waals surface area (Å²) in [6.45, 7) is 5.48. The number of nitrogens with zero attached hydrogens (tertiary/aromatic N) is 1. The van der Waals surface area contributed by atoms with Crippen molar-refractivity contribution in [1.82, 2.24) is 4.90 Å². The van der Waals surface area contributed by atoms with E-state index < -0.39 is 5.41 Å². The molecule has 0 saturated heterocycles. The van der Waals surface area contributed by atoms with E-state index in [2.05, 4.69) is 0 Å². The molecule has 1 amide bonds. The fraction of sp³-hybridized carbons (Fsp3) is 0.562.